The third-order valence-electron chi connectivity index (χ3n) is 3.24. The highest BCUT2D eigenvalue weighted by atomic mass is 79.9. The summed E-state index contributed by atoms with van der Waals surface area (Å²) >= 11 is 3.39. The molecule has 3 nitrogen and oxygen atoms in total. The number of benzene rings is 1. The fourth-order valence-electron chi connectivity index (χ4n) is 1.42. The number of halogens is 1. The summed E-state index contributed by atoms with van der Waals surface area (Å²) in [4.78, 5) is 11.9. The number of nitrogens with one attached hydrogen (secondary N) is 1. The van der Waals surface area contributed by atoms with Crippen LogP contribution in [0, 0.1) is 11.3 Å². The van der Waals surface area contributed by atoms with E-state index in [1.54, 1.807) is 18.2 Å². The van der Waals surface area contributed by atoms with Crippen LogP contribution in [0.4, 0.5) is 11.4 Å². The van der Waals surface area contributed by atoms with E-state index < -0.39 is 0 Å². The van der Waals surface area contributed by atoms with E-state index in [9.17, 15) is 4.79 Å². The zero-order chi connectivity index (χ0) is 13.9. The number of carbonyl (C=O) groups excluding carboxylic acids is 1. The molecule has 1 amide bonds. The molecule has 0 heterocycles. The Kier molecular flexibility index (Phi) is 4.79. The van der Waals surface area contributed by atoms with Crippen LogP contribution >= 0.6 is 15.9 Å². The van der Waals surface area contributed by atoms with Gasteiger partial charge < -0.3 is 11.1 Å². The van der Waals surface area contributed by atoms with Crippen LogP contribution in [0.2, 0.25) is 0 Å². The van der Waals surface area contributed by atoms with Crippen molar-refractivity contribution in [2.75, 3.05) is 11.1 Å². The largest absolute Gasteiger partial charge is 0.399 e. The average molecular weight is 313 g/mol. The molecule has 1 rings (SSSR count). The lowest BCUT2D eigenvalue weighted by atomic mass is 9.80. The van der Waals surface area contributed by atoms with E-state index in [-0.39, 0.29) is 11.3 Å². The first-order chi connectivity index (χ1) is 8.20. The molecule has 1 aromatic rings. The van der Waals surface area contributed by atoms with Crippen molar-refractivity contribution < 1.29 is 4.79 Å². The summed E-state index contributed by atoms with van der Waals surface area (Å²) in [6.07, 6.45) is 0.514. The molecule has 0 saturated carbocycles. The fraction of sp³-hybridized carbons (Fsp3) is 0.500. The lowest BCUT2D eigenvalue weighted by molar-refractivity contribution is -0.117. The zero-order valence-electron chi connectivity index (χ0n) is 11.4. The molecule has 4 heteroatoms. The summed E-state index contributed by atoms with van der Waals surface area (Å²) in [5, 5.41) is 2.90. The minimum Gasteiger partial charge on any atom is -0.399 e. The molecule has 0 fully saturated rings. The summed E-state index contributed by atoms with van der Waals surface area (Å²) in [5.41, 5.74) is 7.22. The minimum absolute atomic E-state index is 0.0305. The molecule has 0 saturated heterocycles. The number of rotatable bonds is 3. The van der Waals surface area contributed by atoms with Gasteiger partial charge in [0.2, 0.25) is 5.91 Å². The Labute approximate surface area is 117 Å². The highest BCUT2D eigenvalue weighted by Crippen LogP contribution is 2.29. The Bertz CT molecular complexity index is 438. The van der Waals surface area contributed by atoms with E-state index in [1.165, 1.54) is 0 Å². The molecule has 100 valence electrons. The summed E-state index contributed by atoms with van der Waals surface area (Å²) < 4.78 is 0.805. The van der Waals surface area contributed by atoms with Crippen molar-refractivity contribution in [3.8, 4) is 0 Å². The molecule has 0 spiro atoms. The molecule has 0 radical (unpaired) electrons. The van der Waals surface area contributed by atoms with E-state index in [0.717, 1.165) is 10.2 Å². The van der Waals surface area contributed by atoms with Gasteiger partial charge >= 0.3 is 0 Å². The second-order valence-electron chi connectivity index (χ2n) is 5.76. The monoisotopic (exact) mass is 312 g/mol. The van der Waals surface area contributed by atoms with Crippen molar-refractivity contribution in [3.05, 3.63) is 22.7 Å². The normalized spacial score (nSPS) is 13.2. The van der Waals surface area contributed by atoms with E-state index in [2.05, 4.69) is 48.9 Å². The number of carbonyl (C=O) groups is 1. The van der Waals surface area contributed by atoms with Crippen molar-refractivity contribution in [1.29, 1.82) is 0 Å². The molecule has 1 atom stereocenters. The number of nitrogen functional groups attached to an aromatic ring is 1. The van der Waals surface area contributed by atoms with Crippen LogP contribution in [0.15, 0.2) is 22.7 Å². The average Bonchev–Trinajstić information content (AvgIpc) is 2.20. The van der Waals surface area contributed by atoms with Crippen molar-refractivity contribution in [3.63, 3.8) is 0 Å². The van der Waals surface area contributed by atoms with Crippen molar-refractivity contribution in [2.45, 2.75) is 34.1 Å². The number of anilines is 2. The number of hydrogen-bond donors (Lipinski definition) is 2. The van der Waals surface area contributed by atoms with Crippen LogP contribution < -0.4 is 11.1 Å². The van der Waals surface area contributed by atoms with Gasteiger partial charge in [0.05, 0.1) is 5.69 Å². The van der Waals surface area contributed by atoms with Gasteiger partial charge in [0.15, 0.2) is 0 Å². The van der Waals surface area contributed by atoms with Crippen LogP contribution in [0.25, 0.3) is 0 Å². The molecule has 18 heavy (non-hydrogen) atoms. The smallest absolute Gasteiger partial charge is 0.224 e. The molecule has 1 aromatic carbocycles. The van der Waals surface area contributed by atoms with Gasteiger partial charge in [0.1, 0.15) is 0 Å². The molecular weight excluding hydrogens is 292 g/mol. The molecule has 0 aliphatic heterocycles. The second kappa shape index (κ2) is 5.74. The minimum atomic E-state index is 0.0305. The molecule has 0 aliphatic rings. The maximum atomic E-state index is 11.9. The number of amides is 1. The van der Waals surface area contributed by atoms with Crippen LogP contribution in [0.1, 0.15) is 34.1 Å². The van der Waals surface area contributed by atoms with Gasteiger partial charge in [0.25, 0.3) is 0 Å². The van der Waals surface area contributed by atoms with Crippen LogP contribution in [-0.4, -0.2) is 5.91 Å². The first-order valence-electron chi connectivity index (χ1n) is 6.05. The summed E-state index contributed by atoms with van der Waals surface area (Å²) in [6.45, 7) is 8.52. The zero-order valence-corrected chi connectivity index (χ0v) is 13.0. The first kappa shape index (κ1) is 15.0. The van der Waals surface area contributed by atoms with E-state index >= 15 is 0 Å². The summed E-state index contributed by atoms with van der Waals surface area (Å²) in [5.74, 6) is 0.355. The topological polar surface area (TPSA) is 55.1 Å². The van der Waals surface area contributed by atoms with E-state index in [1.807, 2.05) is 0 Å². The van der Waals surface area contributed by atoms with E-state index in [0.29, 0.717) is 18.0 Å². The highest BCUT2D eigenvalue weighted by Gasteiger charge is 2.22. The Balaban J connectivity index is 2.65. The maximum Gasteiger partial charge on any atom is 0.224 e. The Morgan fingerprint density at radius 2 is 2.06 bits per heavy atom. The van der Waals surface area contributed by atoms with Crippen LogP contribution in [0.3, 0.4) is 0 Å². The predicted octanol–water partition coefficient (Wildman–Crippen LogP) is 4.04. The highest BCUT2D eigenvalue weighted by molar-refractivity contribution is 9.10. The molecule has 0 bridgehead atoms. The number of hydrogen-bond acceptors (Lipinski definition) is 2. The summed E-state index contributed by atoms with van der Waals surface area (Å²) in [7, 11) is 0. The lowest BCUT2D eigenvalue weighted by Gasteiger charge is -2.26. The van der Waals surface area contributed by atoms with Gasteiger partial charge in [-0.05, 0) is 45.5 Å². The van der Waals surface area contributed by atoms with Crippen molar-refractivity contribution >= 4 is 33.2 Å². The van der Waals surface area contributed by atoms with Crippen molar-refractivity contribution in [2.24, 2.45) is 11.3 Å². The van der Waals surface area contributed by atoms with Gasteiger partial charge in [-0.2, -0.15) is 0 Å². The third kappa shape index (κ3) is 4.33. The van der Waals surface area contributed by atoms with Gasteiger partial charge in [-0.15, -0.1) is 0 Å². The molecule has 3 N–H and O–H groups in total. The quantitative estimate of drug-likeness (QED) is 0.827. The van der Waals surface area contributed by atoms with Crippen LogP contribution in [0.5, 0.6) is 0 Å². The van der Waals surface area contributed by atoms with Gasteiger partial charge in [-0.3, -0.25) is 4.79 Å². The Hall–Kier alpha value is -1.03. The van der Waals surface area contributed by atoms with Crippen molar-refractivity contribution in [1.82, 2.24) is 0 Å². The lowest BCUT2D eigenvalue weighted by Crippen LogP contribution is -2.24. The fourth-order valence-corrected chi connectivity index (χ4v) is 1.91. The standard InChI is InChI=1S/C14H21BrN2O/c1-9(14(2,3)4)7-13(18)17-12-6-5-10(16)8-11(12)15/h5-6,8-9H,7,16H2,1-4H3,(H,17,18). The third-order valence-corrected chi connectivity index (χ3v) is 3.89. The first-order valence-corrected chi connectivity index (χ1v) is 6.84. The molecule has 1 unspecified atom stereocenters. The van der Waals surface area contributed by atoms with Gasteiger partial charge in [-0.25, -0.2) is 0 Å². The van der Waals surface area contributed by atoms with Crippen LogP contribution in [-0.2, 0) is 4.79 Å². The van der Waals surface area contributed by atoms with E-state index in [4.69, 9.17) is 5.73 Å². The second-order valence-corrected chi connectivity index (χ2v) is 6.61. The molecule has 0 aromatic heterocycles. The van der Waals surface area contributed by atoms with Gasteiger partial charge in [-0.1, -0.05) is 27.7 Å². The molecular formula is C14H21BrN2O. The SMILES string of the molecule is CC(CC(=O)Nc1ccc(N)cc1Br)C(C)(C)C. The maximum absolute atomic E-state index is 11.9. The Morgan fingerprint density at radius 3 is 2.56 bits per heavy atom. The predicted molar refractivity (Wildman–Crippen MR) is 80.4 cm³/mol. The van der Waals surface area contributed by atoms with Gasteiger partial charge in [0, 0.05) is 16.6 Å². The Morgan fingerprint density at radius 1 is 1.44 bits per heavy atom. The molecule has 0 aliphatic carbocycles. The number of nitrogens with two attached hydrogens (primary N) is 1. The summed E-state index contributed by atoms with van der Waals surface area (Å²) in [6, 6.07) is 5.36.